The number of aromatic nitrogens is 1. The minimum atomic E-state index is 0.0814. The second-order valence-corrected chi connectivity index (χ2v) is 5.27. The fourth-order valence-electron chi connectivity index (χ4n) is 1.89. The molecule has 2 atom stereocenters. The van der Waals surface area contributed by atoms with Crippen molar-refractivity contribution in [3.05, 3.63) is 16.1 Å². The lowest BCUT2D eigenvalue weighted by atomic mass is 10.0. The summed E-state index contributed by atoms with van der Waals surface area (Å²) in [5.41, 5.74) is 7.04. The van der Waals surface area contributed by atoms with Crippen LogP contribution < -0.4 is 5.73 Å². The summed E-state index contributed by atoms with van der Waals surface area (Å²) in [5, 5.41) is 3.19. The average molecular weight is 272 g/mol. The molecule has 1 aromatic heterocycles. The second kappa shape index (κ2) is 7.16. The van der Waals surface area contributed by atoms with E-state index in [2.05, 4.69) is 10.4 Å². The first-order valence-electron chi connectivity index (χ1n) is 6.15. The molecule has 2 N–H and O–H groups in total. The molecule has 5 nitrogen and oxygen atoms in total. The van der Waals surface area contributed by atoms with E-state index in [9.17, 15) is 0 Å². The van der Waals surface area contributed by atoms with E-state index in [-0.39, 0.29) is 12.0 Å². The van der Waals surface area contributed by atoms with Gasteiger partial charge in [-0.3, -0.25) is 0 Å². The molecule has 1 saturated heterocycles. The first-order chi connectivity index (χ1) is 8.81. The number of nitrogens with zero attached hydrogens (tertiary/aromatic N) is 1. The smallest absolute Gasteiger partial charge is 0.0951 e. The van der Waals surface area contributed by atoms with Gasteiger partial charge in [0.05, 0.1) is 43.7 Å². The van der Waals surface area contributed by atoms with Gasteiger partial charge in [0, 0.05) is 30.9 Å². The van der Waals surface area contributed by atoms with Crippen LogP contribution in [-0.2, 0) is 20.6 Å². The quantitative estimate of drug-likeness (QED) is 0.743. The third-order valence-electron chi connectivity index (χ3n) is 2.97. The highest BCUT2D eigenvalue weighted by Crippen LogP contribution is 2.25. The van der Waals surface area contributed by atoms with Crippen molar-refractivity contribution in [1.82, 2.24) is 4.98 Å². The molecule has 1 aliphatic rings. The normalized spacial score (nSPS) is 23.7. The van der Waals surface area contributed by atoms with Gasteiger partial charge in [-0.15, -0.1) is 11.3 Å². The SMILES string of the molecule is COCCOCCc1nc(C2COCC2N)cs1. The third kappa shape index (κ3) is 3.73. The molecule has 102 valence electrons. The number of hydrogen-bond acceptors (Lipinski definition) is 6. The van der Waals surface area contributed by atoms with Crippen LogP contribution in [0.5, 0.6) is 0 Å². The van der Waals surface area contributed by atoms with Gasteiger partial charge in [-0.25, -0.2) is 4.98 Å². The van der Waals surface area contributed by atoms with Crippen LogP contribution in [0, 0.1) is 0 Å². The Bertz CT molecular complexity index is 359. The molecule has 18 heavy (non-hydrogen) atoms. The van der Waals surface area contributed by atoms with Gasteiger partial charge in [0.15, 0.2) is 0 Å². The van der Waals surface area contributed by atoms with Gasteiger partial charge < -0.3 is 19.9 Å². The molecule has 0 bridgehead atoms. The Morgan fingerprint density at radius 1 is 1.44 bits per heavy atom. The van der Waals surface area contributed by atoms with E-state index in [0.717, 1.165) is 17.1 Å². The van der Waals surface area contributed by atoms with E-state index in [1.165, 1.54) is 0 Å². The molecule has 0 saturated carbocycles. The number of rotatable bonds is 7. The molecule has 1 aromatic rings. The van der Waals surface area contributed by atoms with Crippen LogP contribution in [0.1, 0.15) is 16.6 Å². The summed E-state index contributed by atoms with van der Waals surface area (Å²) in [4.78, 5) is 4.61. The van der Waals surface area contributed by atoms with Crippen molar-refractivity contribution >= 4 is 11.3 Å². The Morgan fingerprint density at radius 3 is 3.06 bits per heavy atom. The predicted molar refractivity (Wildman–Crippen MR) is 70.0 cm³/mol. The summed E-state index contributed by atoms with van der Waals surface area (Å²) in [7, 11) is 1.67. The molecule has 0 amide bonds. The maximum absolute atomic E-state index is 5.98. The van der Waals surface area contributed by atoms with Crippen molar-refractivity contribution < 1.29 is 14.2 Å². The van der Waals surface area contributed by atoms with Gasteiger partial charge >= 0.3 is 0 Å². The summed E-state index contributed by atoms with van der Waals surface area (Å²) in [6.45, 7) is 3.28. The third-order valence-corrected chi connectivity index (χ3v) is 3.89. The highest BCUT2D eigenvalue weighted by molar-refractivity contribution is 7.09. The van der Waals surface area contributed by atoms with Gasteiger partial charge in [-0.1, -0.05) is 0 Å². The van der Waals surface area contributed by atoms with E-state index in [1.807, 2.05) is 0 Å². The standard InChI is InChI=1S/C12H20N2O3S/c1-15-4-5-16-3-2-12-14-11(8-18-12)9-6-17-7-10(9)13/h8-10H,2-7,13H2,1H3. The highest BCUT2D eigenvalue weighted by atomic mass is 32.1. The molecule has 2 heterocycles. The van der Waals surface area contributed by atoms with E-state index >= 15 is 0 Å². The maximum Gasteiger partial charge on any atom is 0.0951 e. The van der Waals surface area contributed by atoms with E-state index < -0.39 is 0 Å². The van der Waals surface area contributed by atoms with E-state index in [0.29, 0.717) is 33.0 Å². The molecule has 0 aliphatic carbocycles. The van der Waals surface area contributed by atoms with Crippen LogP contribution in [0.2, 0.25) is 0 Å². The fourth-order valence-corrected chi connectivity index (χ4v) is 2.73. The molecular weight excluding hydrogens is 252 g/mol. The lowest BCUT2D eigenvalue weighted by Crippen LogP contribution is -2.27. The number of ether oxygens (including phenoxy) is 3. The van der Waals surface area contributed by atoms with Crippen LogP contribution in [0.3, 0.4) is 0 Å². The molecule has 2 rings (SSSR count). The van der Waals surface area contributed by atoms with Gasteiger partial charge in [-0.2, -0.15) is 0 Å². The summed E-state index contributed by atoms with van der Waals surface area (Å²) >= 11 is 1.67. The molecule has 1 fully saturated rings. The zero-order valence-electron chi connectivity index (χ0n) is 10.6. The van der Waals surface area contributed by atoms with Crippen LogP contribution in [0.25, 0.3) is 0 Å². The Hall–Kier alpha value is -0.530. The van der Waals surface area contributed by atoms with E-state index in [1.54, 1.807) is 18.4 Å². The topological polar surface area (TPSA) is 66.6 Å². The zero-order valence-corrected chi connectivity index (χ0v) is 11.4. The van der Waals surface area contributed by atoms with Crippen molar-refractivity contribution in [3.8, 4) is 0 Å². The van der Waals surface area contributed by atoms with Crippen molar-refractivity contribution in [2.45, 2.75) is 18.4 Å². The molecule has 6 heteroatoms. The zero-order chi connectivity index (χ0) is 12.8. The lowest BCUT2D eigenvalue weighted by Gasteiger charge is -2.09. The Morgan fingerprint density at radius 2 is 2.33 bits per heavy atom. The average Bonchev–Trinajstić information content (AvgIpc) is 2.97. The largest absolute Gasteiger partial charge is 0.382 e. The van der Waals surface area contributed by atoms with Crippen molar-refractivity contribution in [2.75, 3.05) is 40.1 Å². The Balaban J connectivity index is 1.75. The predicted octanol–water partition coefficient (Wildman–Crippen LogP) is 0.790. The number of methoxy groups -OCH3 is 1. The van der Waals surface area contributed by atoms with Crippen LogP contribution in [0.4, 0.5) is 0 Å². The van der Waals surface area contributed by atoms with Crippen molar-refractivity contribution in [2.24, 2.45) is 5.73 Å². The first kappa shape index (κ1) is 13.9. The van der Waals surface area contributed by atoms with Crippen molar-refractivity contribution in [1.29, 1.82) is 0 Å². The van der Waals surface area contributed by atoms with E-state index in [4.69, 9.17) is 19.9 Å². The fraction of sp³-hybridized carbons (Fsp3) is 0.750. The molecular formula is C12H20N2O3S. The molecule has 0 aromatic carbocycles. The van der Waals surface area contributed by atoms with Gasteiger partial charge in [0.1, 0.15) is 0 Å². The summed E-state index contributed by atoms with van der Waals surface area (Å²) in [6.07, 6.45) is 0.844. The summed E-state index contributed by atoms with van der Waals surface area (Å²) in [6, 6.07) is 0.0814. The monoisotopic (exact) mass is 272 g/mol. The second-order valence-electron chi connectivity index (χ2n) is 4.33. The van der Waals surface area contributed by atoms with Crippen LogP contribution >= 0.6 is 11.3 Å². The minimum absolute atomic E-state index is 0.0814. The number of thiazole rings is 1. The van der Waals surface area contributed by atoms with Gasteiger partial charge in [0.25, 0.3) is 0 Å². The van der Waals surface area contributed by atoms with Gasteiger partial charge in [0.2, 0.25) is 0 Å². The van der Waals surface area contributed by atoms with Crippen molar-refractivity contribution in [3.63, 3.8) is 0 Å². The molecule has 0 spiro atoms. The Labute approximate surface area is 111 Å². The van der Waals surface area contributed by atoms with Crippen LogP contribution in [0.15, 0.2) is 5.38 Å². The highest BCUT2D eigenvalue weighted by Gasteiger charge is 2.28. The minimum Gasteiger partial charge on any atom is -0.382 e. The lowest BCUT2D eigenvalue weighted by molar-refractivity contribution is 0.0722. The Kier molecular flexibility index (Phi) is 5.52. The summed E-state index contributed by atoms with van der Waals surface area (Å²) in [5.74, 6) is 0.254. The summed E-state index contributed by atoms with van der Waals surface area (Å²) < 4.78 is 15.7. The number of hydrogen-bond donors (Lipinski definition) is 1. The molecule has 2 unspecified atom stereocenters. The van der Waals surface area contributed by atoms with Crippen LogP contribution in [-0.4, -0.2) is 51.2 Å². The molecule has 1 aliphatic heterocycles. The maximum atomic E-state index is 5.98. The first-order valence-corrected chi connectivity index (χ1v) is 7.03. The number of nitrogens with two attached hydrogens (primary N) is 1. The molecule has 0 radical (unpaired) electrons. The van der Waals surface area contributed by atoms with Gasteiger partial charge in [-0.05, 0) is 0 Å².